The van der Waals surface area contributed by atoms with Gasteiger partial charge in [-0.05, 0) is 55.8 Å². The summed E-state index contributed by atoms with van der Waals surface area (Å²) >= 11 is 6.11. The fraction of sp³-hybridized carbons (Fsp3) is 0.333. The Balaban J connectivity index is 2.26. The number of halogens is 1. The van der Waals surface area contributed by atoms with Crippen molar-refractivity contribution in [3.05, 3.63) is 47.0 Å². The van der Waals surface area contributed by atoms with Crippen molar-refractivity contribution in [3.63, 3.8) is 0 Å². The molecule has 1 N–H and O–H groups in total. The Morgan fingerprint density at radius 1 is 1.12 bits per heavy atom. The Hall–Kier alpha value is -1.96. The van der Waals surface area contributed by atoms with Gasteiger partial charge in [0, 0.05) is 25.0 Å². The van der Waals surface area contributed by atoms with Crippen LogP contribution in [0.25, 0.3) is 0 Å². The highest BCUT2D eigenvalue weighted by atomic mass is 35.5. The molecule has 0 aliphatic heterocycles. The molecule has 0 fully saturated rings. The zero-order valence-corrected chi connectivity index (χ0v) is 16.5. The molecule has 0 spiro atoms. The molecule has 26 heavy (non-hydrogen) atoms. The first-order chi connectivity index (χ1) is 12.3. The highest BCUT2D eigenvalue weighted by Crippen LogP contribution is 2.31. The second-order valence-electron chi connectivity index (χ2n) is 5.86. The summed E-state index contributed by atoms with van der Waals surface area (Å²) in [4.78, 5) is 2.21. The van der Waals surface area contributed by atoms with Crippen LogP contribution in [-0.4, -0.2) is 39.5 Å². The predicted molar refractivity (Wildman–Crippen MR) is 105 cm³/mol. The minimum Gasteiger partial charge on any atom is -0.395 e. The van der Waals surface area contributed by atoms with E-state index in [2.05, 4.69) is 15.1 Å². The first kappa shape index (κ1) is 20.4. The highest BCUT2D eigenvalue weighted by molar-refractivity contribution is 7.90. The average molecular weight is 396 g/mol. The third-order valence-corrected chi connectivity index (χ3v) is 5.32. The zero-order chi connectivity index (χ0) is 19.3. The van der Waals surface area contributed by atoms with Crippen LogP contribution in [0.2, 0.25) is 5.02 Å². The van der Waals surface area contributed by atoms with Gasteiger partial charge in [-0.3, -0.25) is 0 Å². The number of sulfone groups is 1. The molecule has 0 aliphatic rings. The Morgan fingerprint density at radius 2 is 1.77 bits per heavy atom. The zero-order valence-electron chi connectivity index (χ0n) is 15.0. The monoisotopic (exact) mass is 395 g/mol. The van der Waals surface area contributed by atoms with Crippen LogP contribution in [0, 0.1) is 6.92 Å². The van der Waals surface area contributed by atoms with E-state index in [0.717, 1.165) is 24.1 Å². The maximum absolute atomic E-state index is 11.5. The molecule has 0 saturated heterocycles. The lowest BCUT2D eigenvalue weighted by Crippen LogP contribution is -2.26. The fourth-order valence-corrected chi connectivity index (χ4v) is 3.38. The number of rotatable bonds is 7. The Kier molecular flexibility index (Phi) is 6.75. The molecule has 0 aromatic heterocycles. The molecule has 0 heterocycles. The molecule has 2 rings (SSSR count). The largest absolute Gasteiger partial charge is 0.395 e. The Morgan fingerprint density at radius 3 is 2.31 bits per heavy atom. The number of anilines is 1. The number of benzene rings is 2. The standard InChI is InChI=1S/C18H22ClN3O3S/c1-4-22(9-10-23)14-5-7-17(13(2)11-14)20-21-18-8-6-15(12-16(18)19)26(3,24)25/h5-8,11-12,23H,4,9-10H2,1-3H3. The summed E-state index contributed by atoms with van der Waals surface area (Å²) in [5.41, 5.74) is 3.04. The average Bonchev–Trinajstić information content (AvgIpc) is 2.58. The second kappa shape index (κ2) is 8.62. The molecule has 0 atom stereocenters. The third-order valence-electron chi connectivity index (χ3n) is 3.91. The predicted octanol–water partition coefficient (Wildman–Crippen LogP) is 4.29. The molecule has 0 radical (unpaired) electrons. The lowest BCUT2D eigenvalue weighted by Gasteiger charge is -2.22. The van der Waals surface area contributed by atoms with E-state index in [-0.39, 0.29) is 16.5 Å². The quantitative estimate of drug-likeness (QED) is 0.709. The number of aryl methyl sites for hydroxylation is 1. The van der Waals surface area contributed by atoms with Crippen molar-refractivity contribution in [3.8, 4) is 0 Å². The van der Waals surface area contributed by atoms with Gasteiger partial charge in [-0.1, -0.05) is 11.6 Å². The fourth-order valence-electron chi connectivity index (χ4n) is 2.45. The van der Waals surface area contributed by atoms with Crippen LogP contribution in [0.1, 0.15) is 12.5 Å². The van der Waals surface area contributed by atoms with Gasteiger partial charge in [-0.15, -0.1) is 5.11 Å². The summed E-state index contributed by atoms with van der Waals surface area (Å²) in [6.45, 7) is 5.42. The molecule has 8 heteroatoms. The Labute approximate surface area is 159 Å². The summed E-state index contributed by atoms with van der Waals surface area (Å²) in [5, 5.41) is 17.7. The Bertz CT molecular complexity index is 914. The molecule has 140 valence electrons. The number of aliphatic hydroxyl groups is 1. The van der Waals surface area contributed by atoms with E-state index >= 15 is 0 Å². The van der Waals surface area contributed by atoms with Crippen molar-refractivity contribution in [2.24, 2.45) is 10.2 Å². The molecule has 0 aliphatic carbocycles. The van der Waals surface area contributed by atoms with Gasteiger partial charge in [-0.2, -0.15) is 5.11 Å². The number of aliphatic hydroxyl groups excluding tert-OH is 1. The summed E-state index contributed by atoms with van der Waals surface area (Å²) < 4.78 is 23.1. The van der Waals surface area contributed by atoms with Crippen LogP contribution >= 0.6 is 11.6 Å². The van der Waals surface area contributed by atoms with Gasteiger partial charge in [-0.25, -0.2) is 8.42 Å². The van der Waals surface area contributed by atoms with Crippen LogP contribution in [0.15, 0.2) is 51.5 Å². The maximum Gasteiger partial charge on any atom is 0.175 e. The highest BCUT2D eigenvalue weighted by Gasteiger charge is 2.10. The van der Waals surface area contributed by atoms with Gasteiger partial charge in [0.2, 0.25) is 0 Å². The lowest BCUT2D eigenvalue weighted by atomic mass is 10.1. The van der Waals surface area contributed by atoms with Crippen LogP contribution in [0.3, 0.4) is 0 Å². The summed E-state index contributed by atoms with van der Waals surface area (Å²) in [6, 6.07) is 10.1. The number of azo groups is 1. The molecule has 0 unspecified atom stereocenters. The lowest BCUT2D eigenvalue weighted by molar-refractivity contribution is 0.302. The van der Waals surface area contributed by atoms with Gasteiger partial charge in [0.05, 0.1) is 22.2 Å². The van der Waals surface area contributed by atoms with E-state index in [1.807, 2.05) is 32.0 Å². The number of hydrogen-bond donors (Lipinski definition) is 1. The van der Waals surface area contributed by atoms with E-state index in [1.54, 1.807) is 0 Å². The van der Waals surface area contributed by atoms with Crippen LogP contribution in [-0.2, 0) is 9.84 Å². The van der Waals surface area contributed by atoms with E-state index in [4.69, 9.17) is 16.7 Å². The molecule has 6 nitrogen and oxygen atoms in total. The van der Waals surface area contributed by atoms with Gasteiger partial charge in [0.25, 0.3) is 0 Å². The summed E-state index contributed by atoms with van der Waals surface area (Å²) in [6.07, 6.45) is 1.13. The summed E-state index contributed by atoms with van der Waals surface area (Å²) in [5.74, 6) is 0. The van der Waals surface area contributed by atoms with Crippen LogP contribution in [0.4, 0.5) is 17.1 Å². The normalized spacial score (nSPS) is 11.9. The maximum atomic E-state index is 11.5. The van der Waals surface area contributed by atoms with Gasteiger partial charge >= 0.3 is 0 Å². The SMILES string of the molecule is CCN(CCO)c1ccc(N=Nc2ccc(S(C)(=O)=O)cc2Cl)c(C)c1. The van der Waals surface area contributed by atoms with E-state index in [9.17, 15) is 8.42 Å². The molecule has 0 saturated carbocycles. The first-order valence-electron chi connectivity index (χ1n) is 8.14. The molecular formula is C18H22ClN3O3S. The van der Waals surface area contributed by atoms with Gasteiger partial charge in [0.15, 0.2) is 9.84 Å². The molecule has 0 amide bonds. The van der Waals surface area contributed by atoms with Gasteiger partial charge < -0.3 is 10.0 Å². The van der Waals surface area contributed by atoms with E-state index < -0.39 is 9.84 Å². The number of hydrogen-bond acceptors (Lipinski definition) is 6. The van der Waals surface area contributed by atoms with Crippen molar-refractivity contribution >= 4 is 38.5 Å². The van der Waals surface area contributed by atoms with Crippen LogP contribution in [0.5, 0.6) is 0 Å². The van der Waals surface area contributed by atoms with E-state index in [1.165, 1.54) is 18.2 Å². The minimum absolute atomic E-state index is 0.0936. The summed E-state index contributed by atoms with van der Waals surface area (Å²) in [7, 11) is -3.32. The van der Waals surface area contributed by atoms with E-state index in [0.29, 0.717) is 17.9 Å². The van der Waals surface area contributed by atoms with Crippen molar-refractivity contribution in [1.29, 1.82) is 0 Å². The molecule has 0 bridgehead atoms. The van der Waals surface area contributed by atoms with Crippen molar-refractivity contribution in [2.75, 3.05) is 30.9 Å². The smallest absolute Gasteiger partial charge is 0.175 e. The number of nitrogens with zero attached hydrogens (tertiary/aromatic N) is 3. The minimum atomic E-state index is -3.32. The number of likely N-dealkylation sites (N-methyl/N-ethyl adjacent to an activating group) is 1. The topological polar surface area (TPSA) is 82.3 Å². The first-order valence-corrected chi connectivity index (χ1v) is 10.4. The van der Waals surface area contributed by atoms with Crippen LogP contribution < -0.4 is 4.90 Å². The van der Waals surface area contributed by atoms with Gasteiger partial charge in [0.1, 0.15) is 5.69 Å². The van der Waals surface area contributed by atoms with Crippen molar-refractivity contribution < 1.29 is 13.5 Å². The molecular weight excluding hydrogens is 374 g/mol. The van der Waals surface area contributed by atoms with Crippen molar-refractivity contribution in [2.45, 2.75) is 18.7 Å². The second-order valence-corrected chi connectivity index (χ2v) is 8.28. The van der Waals surface area contributed by atoms with Crippen molar-refractivity contribution in [1.82, 2.24) is 0 Å². The molecule has 2 aromatic carbocycles. The third kappa shape index (κ3) is 5.03. The molecule has 2 aromatic rings.